The molecule has 0 atom stereocenters. The number of nitrogens with two attached hydrogens (primary N) is 1. The fraction of sp³-hybridized carbons (Fsp3) is 0.0645. The summed E-state index contributed by atoms with van der Waals surface area (Å²) in [5.41, 5.74) is 13.1. The van der Waals surface area contributed by atoms with Crippen LogP contribution in [-0.2, 0) is 13.1 Å². The largest absolute Gasteiger partial charge is 0.397 e. The fourth-order valence-corrected chi connectivity index (χ4v) is 5.86. The number of rotatable bonds is 6. The van der Waals surface area contributed by atoms with Gasteiger partial charge in [0.15, 0.2) is 5.13 Å². The molecule has 0 radical (unpaired) electrons. The molecule has 4 N–H and O–H groups in total. The Morgan fingerprint density at radius 3 is 2.35 bits per heavy atom. The van der Waals surface area contributed by atoms with Crippen molar-refractivity contribution in [2.75, 3.05) is 21.3 Å². The third kappa shape index (κ3) is 4.42. The summed E-state index contributed by atoms with van der Waals surface area (Å²) in [7, 11) is 0. The van der Waals surface area contributed by atoms with Crippen LogP contribution in [0.5, 0.6) is 0 Å². The number of amides is 1. The van der Waals surface area contributed by atoms with Crippen LogP contribution in [0.25, 0.3) is 16.2 Å². The number of pyridine rings is 1. The molecule has 0 spiro atoms. The lowest BCUT2D eigenvalue weighted by molar-refractivity contribution is 0.102. The number of carbonyl (C=O) groups is 1. The number of nitrogens with zero attached hydrogens (tertiary/aromatic N) is 4. The Bertz CT molecular complexity index is 1830. The Morgan fingerprint density at radius 2 is 1.57 bits per heavy atom. The second kappa shape index (κ2) is 9.87. The number of benzene rings is 3. The summed E-state index contributed by atoms with van der Waals surface area (Å²) >= 11 is 1.56. The van der Waals surface area contributed by atoms with E-state index in [0.717, 1.165) is 45.9 Å². The van der Waals surface area contributed by atoms with Crippen molar-refractivity contribution < 1.29 is 4.79 Å². The molecule has 7 rings (SSSR count). The minimum atomic E-state index is -0.217. The molecule has 6 aromatic rings. The molecule has 0 fully saturated rings. The van der Waals surface area contributed by atoms with Crippen molar-refractivity contribution in [2.45, 2.75) is 13.1 Å². The average Bonchev–Trinajstić information content (AvgIpc) is 3.72. The van der Waals surface area contributed by atoms with Gasteiger partial charge in [-0.05, 0) is 59.7 Å². The summed E-state index contributed by atoms with van der Waals surface area (Å²) in [4.78, 5) is 25.3. The van der Waals surface area contributed by atoms with Crippen molar-refractivity contribution >= 4 is 50.9 Å². The second-order valence-electron chi connectivity index (χ2n) is 9.62. The van der Waals surface area contributed by atoms with Gasteiger partial charge in [-0.3, -0.25) is 9.20 Å². The molecule has 1 aliphatic heterocycles. The van der Waals surface area contributed by atoms with Crippen LogP contribution in [0.2, 0.25) is 0 Å². The van der Waals surface area contributed by atoms with Gasteiger partial charge in [-0.1, -0.05) is 53.8 Å². The predicted octanol–water partition coefficient (Wildman–Crippen LogP) is 6.56. The third-order valence-electron chi connectivity index (χ3n) is 7.04. The quantitative estimate of drug-likeness (QED) is 0.206. The van der Waals surface area contributed by atoms with E-state index in [1.54, 1.807) is 35.6 Å². The first-order chi connectivity index (χ1) is 19.6. The Balaban J connectivity index is 1.10. The van der Waals surface area contributed by atoms with E-state index in [1.807, 2.05) is 42.7 Å². The van der Waals surface area contributed by atoms with Gasteiger partial charge < -0.3 is 21.3 Å². The molecule has 3 aromatic carbocycles. The molecule has 0 saturated heterocycles. The number of aromatic nitrogens is 3. The lowest BCUT2D eigenvalue weighted by Gasteiger charge is -2.20. The van der Waals surface area contributed by atoms with E-state index < -0.39 is 0 Å². The van der Waals surface area contributed by atoms with E-state index in [4.69, 9.17) is 5.73 Å². The maximum absolute atomic E-state index is 12.7. The average molecular weight is 544 g/mol. The number of hydrogen-bond donors (Lipinski definition) is 3. The molecule has 4 heterocycles. The Labute approximate surface area is 234 Å². The molecule has 40 heavy (non-hydrogen) atoms. The smallest absolute Gasteiger partial charge is 0.255 e. The minimum absolute atomic E-state index is 0.217. The van der Waals surface area contributed by atoms with Gasteiger partial charge in [0, 0.05) is 30.5 Å². The van der Waals surface area contributed by atoms with Gasteiger partial charge in [0.25, 0.3) is 5.91 Å². The van der Waals surface area contributed by atoms with Gasteiger partial charge >= 0.3 is 0 Å². The SMILES string of the molecule is Nc1ccccc1NC(=O)c1ccc(Nc2ncc(-c3cnc4cccc(N5Cc6ccccc6C5)n34)s2)cc1. The van der Waals surface area contributed by atoms with E-state index in [1.165, 1.54) is 11.1 Å². The number of nitrogen functional groups attached to an aromatic ring is 1. The van der Waals surface area contributed by atoms with E-state index >= 15 is 0 Å². The summed E-state index contributed by atoms with van der Waals surface area (Å²) < 4.78 is 2.20. The Morgan fingerprint density at radius 1 is 0.825 bits per heavy atom. The maximum atomic E-state index is 12.7. The first-order valence-electron chi connectivity index (χ1n) is 12.9. The molecule has 3 aromatic heterocycles. The molecule has 0 unspecified atom stereocenters. The highest BCUT2D eigenvalue weighted by Gasteiger charge is 2.22. The van der Waals surface area contributed by atoms with Crippen LogP contribution in [0.4, 0.5) is 28.0 Å². The molecular weight excluding hydrogens is 518 g/mol. The zero-order valence-electron chi connectivity index (χ0n) is 21.4. The number of fused-ring (bicyclic) bond motifs is 2. The van der Waals surface area contributed by atoms with Gasteiger partial charge in [0.05, 0.1) is 28.1 Å². The minimum Gasteiger partial charge on any atom is -0.397 e. The highest BCUT2D eigenvalue weighted by molar-refractivity contribution is 7.18. The van der Waals surface area contributed by atoms with Crippen LogP contribution in [0.1, 0.15) is 21.5 Å². The Kier molecular flexibility index (Phi) is 5.90. The molecule has 1 amide bonds. The molecule has 196 valence electrons. The lowest BCUT2D eigenvalue weighted by atomic mass is 10.1. The van der Waals surface area contributed by atoms with Crippen molar-refractivity contribution in [1.82, 2.24) is 14.4 Å². The number of nitrogens with one attached hydrogen (secondary N) is 2. The first kappa shape index (κ1) is 23.9. The van der Waals surface area contributed by atoms with Gasteiger partial charge in [-0.15, -0.1) is 0 Å². The van der Waals surface area contributed by atoms with Gasteiger partial charge in [0.1, 0.15) is 11.5 Å². The number of imidazole rings is 1. The van der Waals surface area contributed by atoms with Crippen LogP contribution in [0, 0.1) is 0 Å². The van der Waals surface area contributed by atoms with E-state index in [2.05, 4.69) is 66.3 Å². The summed E-state index contributed by atoms with van der Waals surface area (Å²) in [5.74, 6) is 0.890. The lowest BCUT2D eigenvalue weighted by Crippen LogP contribution is -2.17. The third-order valence-corrected chi connectivity index (χ3v) is 7.97. The summed E-state index contributed by atoms with van der Waals surface area (Å²) in [6, 6.07) is 29.3. The number of carbonyl (C=O) groups excluding carboxylic acids is 1. The van der Waals surface area contributed by atoms with Crippen LogP contribution in [0.3, 0.4) is 0 Å². The highest BCUT2D eigenvalue weighted by atomic mass is 32.1. The standard InChI is InChI=1S/C31H25N7OS/c32-24-8-3-4-9-25(24)36-30(39)20-12-14-23(15-13-20)35-31-34-17-27(40-31)26-16-33-28-10-5-11-29(38(26)28)37-18-21-6-1-2-7-22(21)19-37/h1-17H,18-19,32H2,(H,34,35)(H,36,39). The molecule has 0 aliphatic carbocycles. The van der Waals surface area contributed by atoms with Crippen molar-refractivity contribution in [3.05, 3.63) is 120 Å². The molecule has 0 bridgehead atoms. The monoisotopic (exact) mass is 543 g/mol. The normalized spacial score (nSPS) is 12.4. The number of thiazole rings is 1. The van der Waals surface area contributed by atoms with Crippen LogP contribution in [-0.4, -0.2) is 20.3 Å². The summed E-state index contributed by atoms with van der Waals surface area (Å²) in [6.07, 6.45) is 3.78. The first-order valence-corrected chi connectivity index (χ1v) is 13.7. The van der Waals surface area contributed by atoms with Gasteiger partial charge in [-0.2, -0.15) is 0 Å². The maximum Gasteiger partial charge on any atom is 0.255 e. The summed E-state index contributed by atoms with van der Waals surface area (Å²) in [6.45, 7) is 1.74. The van der Waals surface area contributed by atoms with Crippen LogP contribution >= 0.6 is 11.3 Å². The molecule has 1 aliphatic rings. The predicted molar refractivity (Wildman–Crippen MR) is 161 cm³/mol. The molecule has 8 nitrogen and oxygen atoms in total. The fourth-order valence-electron chi connectivity index (χ4n) is 5.02. The van der Waals surface area contributed by atoms with Crippen molar-refractivity contribution in [3.8, 4) is 10.6 Å². The highest BCUT2D eigenvalue weighted by Crippen LogP contribution is 2.35. The Hall–Kier alpha value is -5.15. The van der Waals surface area contributed by atoms with Crippen molar-refractivity contribution in [2.24, 2.45) is 0 Å². The van der Waals surface area contributed by atoms with Crippen molar-refractivity contribution in [3.63, 3.8) is 0 Å². The second-order valence-corrected chi connectivity index (χ2v) is 10.6. The van der Waals surface area contributed by atoms with Crippen LogP contribution in [0.15, 0.2) is 103 Å². The van der Waals surface area contributed by atoms with E-state index in [0.29, 0.717) is 16.9 Å². The number of anilines is 5. The molecular formula is C31H25N7OS. The topological polar surface area (TPSA) is 101 Å². The van der Waals surface area contributed by atoms with Crippen LogP contribution < -0.4 is 21.3 Å². The zero-order valence-corrected chi connectivity index (χ0v) is 22.2. The number of hydrogen-bond acceptors (Lipinski definition) is 7. The van der Waals surface area contributed by atoms with Gasteiger partial charge in [0.2, 0.25) is 0 Å². The van der Waals surface area contributed by atoms with Gasteiger partial charge in [-0.25, -0.2) is 9.97 Å². The zero-order chi connectivity index (χ0) is 27.1. The molecule has 9 heteroatoms. The number of para-hydroxylation sites is 2. The van der Waals surface area contributed by atoms with E-state index in [9.17, 15) is 4.79 Å². The van der Waals surface area contributed by atoms with Crippen molar-refractivity contribution in [1.29, 1.82) is 0 Å². The van der Waals surface area contributed by atoms with E-state index in [-0.39, 0.29) is 5.91 Å². The summed E-state index contributed by atoms with van der Waals surface area (Å²) in [5, 5.41) is 6.96. The molecule has 0 saturated carbocycles.